The normalized spacial score (nSPS) is 12.4. The molecule has 0 spiro atoms. The summed E-state index contributed by atoms with van der Waals surface area (Å²) < 4.78 is 37.3. The van der Waals surface area contributed by atoms with E-state index in [9.17, 15) is 18.0 Å². The molecule has 0 bridgehead atoms. The average molecular weight is 275 g/mol. The van der Waals surface area contributed by atoms with Crippen molar-refractivity contribution in [2.45, 2.75) is 32.5 Å². The van der Waals surface area contributed by atoms with Crippen molar-refractivity contribution in [2.75, 3.05) is 6.54 Å². The lowest BCUT2D eigenvalue weighted by molar-refractivity contribution is -0.141. The number of aryl methyl sites for hydroxylation is 1. The van der Waals surface area contributed by atoms with Gasteiger partial charge in [-0.25, -0.2) is 4.98 Å². The molecule has 1 heterocycles. The number of halogens is 3. The van der Waals surface area contributed by atoms with Crippen molar-refractivity contribution in [3.8, 4) is 0 Å². The third-order valence-electron chi connectivity index (χ3n) is 2.58. The first-order chi connectivity index (χ1) is 8.57. The Labute approximate surface area is 109 Å². The molecule has 4 nitrogen and oxygen atoms in total. The van der Waals surface area contributed by atoms with Gasteiger partial charge in [0.25, 0.3) is 5.91 Å². The minimum absolute atomic E-state index is 0.0279. The zero-order chi connectivity index (χ0) is 14.8. The maximum Gasteiger partial charge on any atom is 0.433 e. The molecule has 0 unspecified atom stereocenters. The van der Waals surface area contributed by atoms with E-state index in [1.807, 2.05) is 0 Å². The number of nitrogens with one attached hydrogen (secondary N) is 1. The lowest BCUT2D eigenvalue weighted by Gasteiger charge is -2.24. The molecule has 0 fully saturated rings. The Balaban J connectivity index is 3.01. The van der Waals surface area contributed by atoms with Crippen LogP contribution < -0.4 is 11.1 Å². The fourth-order valence-corrected chi connectivity index (χ4v) is 1.38. The first kappa shape index (κ1) is 15.4. The number of nitrogens with zero attached hydrogens (tertiary/aromatic N) is 1. The van der Waals surface area contributed by atoms with Gasteiger partial charge in [0.1, 0.15) is 5.69 Å². The molecule has 0 atom stereocenters. The molecule has 1 aromatic rings. The highest BCUT2D eigenvalue weighted by atomic mass is 19.4. The molecule has 0 radical (unpaired) electrons. The number of pyridine rings is 1. The molecule has 19 heavy (non-hydrogen) atoms. The Morgan fingerprint density at radius 3 is 2.37 bits per heavy atom. The second kappa shape index (κ2) is 5.16. The van der Waals surface area contributed by atoms with Gasteiger partial charge in [-0.2, -0.15) is 13.2 Å². The predicted molar refractivity (Wildman–Crippen MR) is 64.6 cm³/mol. The van der Waals surface area contributed by atoms with E-state index in [2.05, 4.69) is 10.3 Å². The summed E-state index contributed by atoms with van der Waals surface area (Å²) in [5.41, 5.74) is 3.96. The second-order valence-electron chi connectivity index (χ2n) is 4.87. The van der Waals surface area contributed by atoms with Gasteiger partial charge in [0.05, 0.1) is 11.3 Å². The Bertz CT molecular complexity index is 484. The Kier molecular flexibility index (Phi) is 4.19. The van der Waals surface area contributed by atoms with Crippen LogP contribution in [-0.2, 0) is 6.18 Å². The number of hydrogen-bond acceptors (Lipinski definition) is 3. The van der Waals surface area contributed by atoms with Crippen LogP contribution in [-0.4, -0.2) is 23.0 Å². The van der Waals surface area contributed by atoms with Gasteiger partial charge in [-0.3, -0.25) is 4.79 Å². The van der Waals surface area contributed by atoms with E-state index >= 15 is 0 Å². The quantitative estimate of drug-likeness (QED) is 0.885. The molecule has 0 aromatic carbocycles. The molecule has 1 rings (SSSR count). The van der Waals surface area contributed by atoms with Crippen LogP contribution in [0.25, 0.3) is 0 Å². The molecular weight excluding hydrogens is 259 g/mol. The van der Waals surface area contributed by atoms with Gasteiger partial charge in [-0.05, 0) is 32.9 Å². The molecule has 0 saturated heterocycles. The van der Waals surface area contributed by atoms with Crippen LogP contribution in [0.2, 0.25) is 0 Å². The number of aromatic nitrogens is 1. The van der Waals surface area contributed by atoms with Gasteiger partial charge in [0.2, 0.25) is 0 Å². The third-order valence-corrected chi connectivity index (χ3v) is 2.58. The Morgan fingerprint density at radius 2 is 1.95 bits per heavy atom. The molecule has 1 amide bonds. The van der Waals surface area contributed by atoms with Crippen molar-refractivity contribution in [2.24, 2.45) is 5.73 Å². The molecule has 0 aliphatic rings. The topological polar surface area (TPSA) is 68.0 Å². The van der Waals surface area contributed by atoms with Gasteiger partial charge in [0.15, 0.2) is 0 Å². The summed E-state index contributed by atoms with van der Waals surface area (Å²) in [5, 5.41) is 2.64. The van der Waals surface area contributed by atoms with Gasteiger partial charge < -0.3 is 11.1 Å². The molecule has 0 aliphatic carbocycles. The van der Waals surface area contributed by atoms with Crippen LogP contribution in [0.5, 0.6) is 0 Å². The number of rotatable bonds is 3. The molecule has 0 saturated carbocycles. The summed E-state index contributed by atoms with van der Waals surface area (Å²) in [7, 11) is 0. The van der Waals surface area contributed by atoms with Crippen LogP contribution in [0.15, 0.2) is 12.1 Å². The first-order valence-corrected chi connectivity index (χ1v) is 5.64. The van der Waals surface area contributed by atoms with Crippen LogP contribution in [0.4, 0.5) is 13.2 Å². The number of hydrogen-bond donors (Lipinski definition) is 2. The summed E-state index contributed by atoms with van der Waals surface area (Å²) in [6.45, 7) is 5.01. The monoisotopic (exact) mass is 275 g/mol. The number of carbonyl (C=O) groups is 1. The first-order valence-electron chi connectivity index (χ1n) is 5.64. The van der Waals surface area contributed by atoms with Gasteiger partial charge in [0, 0.05) is 12.1 Å². The van der Waals surface area contributed by atoms with Crippen molar-refractivity contribution in [1.29, 1.82) is 0 Å². The summed E-state index contributed by atoms with van der Waals surface area (Å²) >= 11 is 0. The van der Waals surface area contributed by atoms with Crippen molar-refractivity contribution in [1.82, 2.24) is 10.3 Å². The highest BCUT2D eigenvalue weighted by Gasteiger charge is 2.33. The van der Waals surface area contributed by atoms with Crippen LogP contribution in [0, 0.1) is 6.92 Å². The van der Waals surface area contributed by atoms with Gasteiger partial charge >= 0.3 is 6.18 Å². The van der Waals surface area contributed by atoms with Crippen LogP contribution in [0.1, 0.15) is 35.6 Å². The van der Waals surface area contributed by atoms with E-state index in [1.165, 1.54) is 6.92 Å². The summed E-state index contributed by atoms with van der Waals surface area (Å²) in [6, 6.07) is 1.91. The number of carbonyl (C=O) groups excluding carboxylic acids is 1. The summed E-state index contributed by atoms with van der Waals surface area (Å²) in [5.74, 6) is -0.492. The lowest BCUT2D eigenvalue weighted by Crippen LogP contribution is -2.49. The van der Waals surface area contributed by atoms with Crippen molar-refractivity contribution >= 4 is 5.91 Å². The van der Waals surface area contributed by atoms with E-state index in [0.717, 1.165) is 12.1 Å². The number of amides is 1. The standard InChI is InChI=1S/C12H16F3N3O/c1-7-8(10(19)18-11(2,3)6-16)4-5-9(17-7)12(13,14)15/h4-5H,6,16H2,1-3H3,(H,18,19). The third kappa shape index (κ3) is 3.92. The van der Waals surface area contributed by atoms with E-state index in [0.29, 0.717) is 0 Å². The highest BCUT2D eigenvalue weighted by Crippen LogP contribution is 2.28. The maximum absolute atomic E-state index is 12.4. The number of nitrogens with two attached hydrogens (primary N) is 1. The minimum atomic E-state index is -4.52. The molecule has 7 heteroatoms. The van der Waals surface area contributed by atoms with E-state index < -0.39 is 23.3 Å². The Hall–Kier alpha value is -1.63. The fourth-order valence-electron chi connectivity index (χ4n) is 1.38. The molecule has 1 aromatic heterocycles. The van der Waals surface area contributed by atoms with Crippen molar-refractivity contribution in [3.05, 3.63) is 29.1 Å². The van der Waals surface area contributed by atoms with Crippen molar-refractivity contribution in [3.63, 3.8) is 0 Å². The predicted octanol–water partition coefficient (Wildman–Crippen LogP) is 1.88. The smallest absolute Gasteiger partial charge is 0.346 e. The maximum atomic E-state index is 12.4. The molecule has 106 valence electrons. The van der Waals surface area contributed by atoms with Gasteiger partial charge in [-0.15, -0.1) is 0 Å². The largest absolute Gasteiger partial charge is 0.433 e. The highest BCUT2D eigenvalue weighted by molar-refractivity contribution is 5.95. The SMILES string of the molecule is Cc1nc(C(F)(F)F)ccc1C(=O)NC(C)(C)CN. The average Bonchev–Trinajstić information content (AvgIpc) is 2.26. The zero-order valence-corrected chi connectivity index (χ0v) is 10.9. The lowest BCUT2D eigenvalue weighted by atomic mass is 10.0. The zero-order valence-electron chi connectivity index (χ0n) is 10.9. The molecule has 0 aliphatic heterocycles. The van der Waals surface area contributed by atoms with Crippen molar-refractivity contribution < 1.29 is 18.0 Å². The molecule has 3 N–H and O–H groups in total. The van der Waals surface area contributed by atoms with E-state index in [1.54, 1.807) is 13.8 Å². The van der Waals surface area contributed by atoms with Crippen LogP contribution in [0.3, 0.4) is 0 Å². The van der Waals surface area contributed by atoms with E-state index in [4.69, 9.17) is 5.73 Å². The summed E-state index contributed by atoms with van der Waals surface area (Å²) in [6.07, 6.45) is -4.52. The molecular formula is C12H16F3N3O. The number of alkyl halides is 3. The summed E-state index contributed by atoms with van der Waals surface area (Å²) in [4.78, 5) is 15.3. The fraction of sp³-hybridized carbons (Fsp3) is 0.500. The van der Waals surface area contributed by atoms with Crippen LogP contribution >= 0.6 is 0 Å². The van der Waals surface area contributed by atoms with Gasteiger partial charge in [-0.1, -0.05) is 0 Å². The minimum Gasteiger partial charge on any atom is -0.346 e. The van der Waals surface area contributed by atoms with E-state index in [-0.39, 0.29) is 17.8 Å². The second-order valence-corrected chi connectivity index (χ2v) is 4.87. The Morgan fingerprint density at radius 1 is 1.37 bits per heavy atom.